The van der Waals surface area contributed by atoms with E-state index in [-0.39, 0.29) is 22.6 Å². The van der Waals surface area contributed by atoms with Crippen LogP contribution >= 0.6 is 0 Å². The summed E-state index contributed by atoms with van der Waals surface area (Å²) in [5, 5.41) is 0. The molecule has 0 N–H and O–H groups in total. The van der Waals surface area contributed by atoms with Crippen LogP contribution in [0.15, 0.2) is 29.2 Å². The van der Waals surface area contributed by atoms with Crippen LogP contribution in [-0.2, 0) is 14.6 Å². The fourth-order valence-electron chi connectivity index (χ4n) is 1.77. The van der Waals surface area contributed by atoms with Gasteiger partial charge in [-0.3, -0.25) is 9.59 Å². The van der Waals surface area contributed by atoms with E-state index in [1.54, 1.807) is 0 Å². The Morgan fingerprint density at radius 3 is 2.17 bits per heavy atom. The Morgan fingerprint density at radius 2 is 1.78 bits per heavy atom. The molecule has 1 atom stereocenters. The average molecular weight is 267 g/mol. The van der Waals surface area contributed by atoms with Gasteiger partial charge in [0.2, 0.25) is 5.91 Å². The Kier molecular flexibility index (Phi) is 2.98. The number of benzene rings is 1. The quantitative estimate of drug-likeness (QED) is 0.590. The van der Waals surface area contributed by atoms with Gasteiger partial charge in [0.1, 0.15) is 6.04 Å². The van der Waals surface area contributed by atoms with Gasteiger partial charge in [-0.25, -0.2) is 8.42 Å². The van der Waals surface area contributed by atoms with Crippen molar-refractivity contribution >= 4 is 21.5 Å². The number of carbonyl (C=O) groups excluding carboxylic acids is 2. The highest BCUT2D eigenvalue weighted by atomic mass is 32.2. The third kappa shape index (κ3) is 2.43. The maximum Gasteiger partial charge on any atom is 0.220 e. The van der Waals surface area contributed by atoms with Crippen LogP contribution in [0.1, 0.15) is 17.3 Å². The van der Waals surface area contributed by atoms with Crippen molar-refractivity contribution in [3.63, 3.8) is 0 Å². The first kappa shape index (κ1) is 12.8. The highest BCUT2D eigenvalue weighted by Crippen LogP contribution is 2.22. The number of ketones is 1. The predicted molar refractivity (Wildman–Crippen MR) is 65.1 cm³/mol. The molecule has 1 unspecified atom stereocenters. The summed E-state index contributed by atoms with van der Waals surface area (Å²) in [6, 6.07) is 5.39. The van der Waals surface area contributed by atoms with E-state index in [0.717, 1.165) is 6.26 Å². The number of amides is 1. The first-order valence-electron chi connectivity index (χ1n) is 5.42. The Hall–Kier alpha value is -1.69. The number of nitrogens with zero attached hydrogens (tertiary/aromatic N) is 1. The molecule has 0 aliphatic carbocycles. The van der Waals surface area contributed by atoms with Gasteiger partial charge >= 0.3 is 0 Å². The van der Waals surface area contributed by atoms with Gasteiger partial charge in [0.25, 0.3) is 0 Å². The number of carbonyl (C=O) groups is 2. The second-order valence-corrected chi connectivity index (χ2v) is 6.36. The van der Waals surface area contributed by atoms with Crippen LogP contribution in [0.5, 0.6) is 0 Å². The van der Waals surface area contributed by atoms with Gasteiger partial charge in [0, 0.05) is 25.3 Å². The molecule has 0 bridgehead atoms. The molecular formula is C12H13NO4S. The molecule has 2 rings (SSSR count). The predicted octanol–water partition coefficient (Wildman–Crippen LogP) is 0.504. The van der Waals surface area contributed by atoms with E-state index < -0.39 is 9.84 Å². The van der Waals surface area contributed by atoms with E-state index in [4.69, 9.17) is 0 Å². The van der Waals surface area contributed by atoms with Crippen molar-refractivity contribution in [3.8, 4) is 0 Å². The molecule has 18 heavy (non-hydrogen) atoms. The standard InChI is InChI=1S/C12H13NO4S/c1-8(14)13-7-11(13)12(15)9-3-5-10(6-4-9)18(2,16)17/h3-6,11H,7H2,1-2H3. The Morgan fingerprint density at radius 1 is 1.22 bits per heavy atom. The van der Waals surface area contributed by atoms with Gasteiger partial charge in [-0.15, -0.1) is 0 Å². The summed E-state index contributed by atoms with van der Waals surface area (Å²) in [4.78, 5) is 24.6. The molecule has 0 aromatic heterocycles. The van der Waals surface area contributed by atoms with Crippen molar-refractivity contribution in [1.82, 2.24) is 4.90 Å². The first-order chi connectivity index (χ1) is 8.30. The van der Waals surface area contributed by atoms with Crippen LogP contribution in [0.2, 0.25) is 0 Å². The van der Waals surface area contributed by atoms with E-state index in [1.807, 2.05) is 0 Å². The maximum atomic E-state index is 11.9. The zero-order chi connectivity index (χ0) is 13.5. The molecule has 1 aromatic rings. The van der Waals surface area contributed by atoms with Crippen molar-refractivity contribution in [1.29, 1.82) is 0 Å². The average Bonchev–Trinajstić information content (AvgIpc) is 3.07. The fourth-order valence-corrected chi connectivity index (χ4v) is 2.40. The lowest BCUT2D eigenvalue weighted by Gasteiger charge is -2.02. The largest absolute Gasteiger partial charge is 0.328 e. The molecule has 1 aromatic carbocycles. The Balaban J connectivity index is 2.17. The zero-order valence-corrected chi connectivity index (χ0v) is 10.9. The van der Waals surface area contributed by atoms with Crippen molar-refractivity contribution < 1.29 is 18.0 Å². The minimum absolute atomic E-state index is 0.124. The van der Waals surface area contributed by atoms with Crippen LogP contribution in [0.25, 0.3) is 0 Å². The molecule has 6 heteroatoms. The van der Waals surface area contributed by atoms with Gasteiger partial charge in [-0.1, -0.05) is 12.1 Å². The minimum atomic E-state index is -3.25. The number of Topliss-reactive ketones (excluding diaryl/α,β-unsaturated/α-hetero) is 1. The Labute approximate surface area is 105 Å². The number of rotatable bonds is 3. The van der Waals surface area contributed by atoms with Gasteiger partial charge in [0.15, 0.2) is 15.6 Å². The molecule has 96 valence electrons. The highest BCUT2D eigenvalue weighted by molar-refractivity contribution is 7.90. The molecule has 1 fully saturated rings. The summed E-state index contributed by atoms with van der Waals surface area (Å²) < 4.78 is 22.5. The van der Waals surface area contributed by atoms with Crippen molar-refractivity contribution in [2.45, 2.75) is 17.9 Å². The smallest absolute Gasteiger partial charge is 0.220 e. The van der Waals surface area contributed by atoms with E-state index in [1.165, 1.54) is 36.1 Å². The van der Waals surface area contributed by atoms with Gasteiger partial charge in [0.05, 0.1) is 4.90 Å². The highest BCUT2D eigenvalue weighted by Gasteiger charge is 2.42. The molecule has 0 radical (unpaired) electrons. The van der Waals surface area contributed by atoms with Crippen molar-refractivity contribution in [2.75, 3.05) is 12.8 Å². The van der Waals surface area contributed by atoms with Crippen LogP contribution in [0.4, 0.5) is 0 Å². The summed E-state index contributed by atoms with van der Waals surface area (Å²) in [5.74, 6) is -0.272. The molecule has 1 heterocycles. The van der Waals surface area contributed by atoms with Crippen LogP contribution in [0, 0.1) is 0 Å². The molecule has 1 saturated heterocycles. The van der Waals surface area contributed by atoms with Crippen LogP contribution in [0.3, 0.4) is 0 Å². The maximum absolute atomic E-state index is 11.9. The van der Waals surface area contributed by atoms with Gasteiger partial charge in [-0.05, 0) is 12.1 Å². The molecule has 1 amide bonds. The molecule has 1 aliphatic rings. The lowest BCUT2D eigenvalue weighted by molar-refractivity contribution is -0.123. The van der Waals surface area contributed by atoms with Gasteiger partial charge in [-0.2, -0.15) is 0 Å². The minimum Gasteiger partial charge on any atom is -0.328 e. The van der Waals surface area contributed by atoms with Crippen LogP contribution < -0.4 is 0 Å². The van der Waals surface area contributed by atoms with E-state index in [9.17, 15) is 18.0 Å². The number of hydrogen-bond acceptors (Lipinski definition) is 4. The van der Waals surface area contributed by atoms with Crippen LogP contribution in [-0.4, -0.2) is 43.9 Å². The second-order valence-electron chi connectivity index (χ2n) is 4.35. The molecule has 0 saturated carbocycles. The molecular weight excluding hydrogens is 254 g/mol. The summed E-state index contributed by atoms with van der Waals surface area (Å²) >= 11 is 0. The number of hydrogen-bond donors (Lipinski definition) is 0. The Bertz CT molecular complexity index is 603. The molecule has 1 aliphatic heterocycles. The van der Waals surface area contributed by atoms with E-state index in [0.29, 0.717) is 12.1 Å². The summed E-state index contributed by atoms with van der Waals surface area (Å²) in [5.41, 5.74) is 0.427. The normalized spacial score (nSPS) is 18.6. The third-order valence-electron chi connectivity index (χ3n) is 2.89. The molecule has 5 nitrogen and oxygen atoms in total. The van der Waals surface area contributed by atoms with E-state index in [2.05, 4.69) is 0 Å². The second kappa shape index (κ2) is 4.20. The summed E-state index contributed by atoms with van der Waals surface area (Å²) in [7, 11) is -3.25. The monoisotopic (exact) mass is 267 g/mol. The fraction of sp³-hybridized carbons (Fsp3) is 0.333. The third-order valence-corrected chi connectivity index (χ3v) is 4.01. The number of sulfone groups is 1. The van der Waals surface area contributed by atoms with Crippen molar-refractivity contribution in [2.24, 2.45) is 0 Å². The topological polar surface area (TPSA) is 71.3 Å². The van der Waals surface area contributed by atoms with Crippen molar-refractivity contribution in [3.05, 3.63) is 29.8 Å². The lowest BCUT2D eigenvalue weighted by Crippen LogP contribution is -2.16. The molecule has 0 spiro atoms. The lowest BCUT2D eigenvalue weighted by atomic mass is 10.1. The summed E-state index contributed by atoms with van der Waals surface area (Å²) in [6.45, 7) is 1.86. The summed E-state index contributed by atoms with van der Waals surface area (Å²) in [6.07, 6.45) is 1.11. The van der Waals surface area contributed by atoms with E-state index >= 15 is 0 Å². The SMILES string of the molecule is CC(=O)N1CC1C(=O)c1ccc(S(C)(=O)=O)cc1. The zero-order valence-electron chi connectivity index (χ0n) is 10.1. The van der Waals surface area contributed by atoms with Gasteiger partial charge < -0.3 is 4.90 Å². The first-order valence-corrected chi connectivity index (χ1v) is 7.31.